The highest BCUT2D eigenvalue weighted by atomic mass is 16.1. The van der Waals surface area contributed by atoms with Gasteiger partial charge in [0.15, 0.2) is 0 Å². The summed E-state index contributed by atoms with van der Waals surface area (Å²) in [5, 5.41) is 4.32. The highest BCUT2D eigenvalue weighted by Gasteiger charge is 2.18. The fourth-order valence-corrected chi connectivity index (χ4v) is 3.01. The minimum Gasteiger partial charge on any atom is -0.261 e. The van der Waals surface area contributed by atoms with Gasteiger partial charge in [0.1, 0.15) is 0 Å². The number of H-pyrrole nitrogens is 1. The molecule has 5 nitrogen and oxygen atoms in total. The zero-order valence-electron chi connectivity index (χ0n) is 11.5. The summed E-state index contributed by atoms with van der Waals surface area (Å²) in [6.45, 7) is 0. The van der Waals surface area contributed by atoms with Crippen LogP contribution >= 0.6 is 0 Å². The van der Waals surface area contributed by atoms with Crippen molar-refractivity contribution in [3.63, 3.8) is 0 Å². The molecule has 0 aliphatic rings. The summed E-state index contributed by atoms with van der Waals surface area (Å²) in [6, 6.07) is 19.4. The van der Waals surface area contributed by atoms with E-state index in [0.717, 1.165) is 21.9 Å². The first-order valence-electron chi connectivity index (χ1n) is 7.06. The smallest absolute Gasteiger partial charge is 0.261 e. The lowest BCUT2D eigenvalue weighted by molar-refractivity contribution is -0.551. The van der Waals surface area contributed by atoms with Crippen LogP contribution in [0.4, 0.5) is 0 Å². The van der Waals surface area contributed by atoms with Crippen molar-refractivity contribution in [1.82, 2.24) is 14.5 Å². The number of hydrogen-bond acceptors (Lipinski definition) is 2. The number of pyridine rings is 1. The van der Waals surface area contributed by atoms with Crippen molar-refractivity contribution in [2.24, 2.45) is 0 Å². The van der Waals surface area contributed by atoms with Gasteiger partial charge in [-0.1, -0.05) is 28.8 Å². The first-order valence-corrected chi connectivity index (χ1v) is 7.06. The van der Waals surface area contributed by atoms with Crippen LogP contribution in [-0.4, -0.2) is 14.5 Å². The van der Waals surface area contributed by atoms with Gasteiger partial charge in [0, 0.05) is 17.5 Å². The maximum absolute atomic E-state index is 12.9. The molecule has 5 heteroatoms. The van der Waals surface area contributed by atoms with Gasteiger partial charge in [-0.3, -0.25) is 4.79 Å². The number of imidazole rings is 1. The van der Waals surface area contributed by atoms with Crippen LogP contribution in [0.15, 0.2) is 65.5 Å². The van der Waals surface area contributed by atoms with E-state index >= 15 is 0 Å². The van der Waals surface area contributed by atoms with Crippen LogP contribution in [0.1, 0.15) is 0 Å². The van der Waals surface area contributed by atoms with E-state index in [1.165, 1.54) is 0 Å². The third-order valence-corrected chi connectivity index (χ3v) is 4.03. The predicted octanol–water partition coefficient (Wildman–Crippen LogP) is 2.07. The summed E-state index contributed by atoms with van der Waals surface area (Å²) in [5.74, 6) is 0.542. The molecule has 3 heterocycles. The lowest BCUT2D eigenvalue weighted by Gasteiger charge is -1.98. The van der Waals surface area contributed by atoms with Gasteiger partial charge in [-0.05, 0) is 24.3 Å². The fourth-order valence-electron chi connectivity index (χ4n) is 3.01. The van der Waals surface area contributed by atoms with Crippen LogP contribution < -0.4 is 10.1 Å². The third kappa shape index (κ3) is 1.34. The average molecular weight is 287 g/mol. The molecule has 0 fully saturated rings. The SMILES string of the molecule is O=c1c2ccc3ccccc3[n+]2[nH]c2nc3ccccc3n12. The normalized spacial score (nSPS) is 11.8. The number of aromatic nitrogens is 4. The number of hydrogen-bond donors (Lipinski definition) is 1. The molecule has 22 heavy (non-hydrogen) atoms. The van der Waals surface area contributed by atoms with E-state index < -0.39 is 0 Å². The number of rotatable bonds is 0. The number of nitrogens with zero attached hydrogens (tertiary/aromatic N) is 3. The molecule has 3 aromatic heterocycles. The van der Waals surface area contributed by atoms with Gasteiger partial charge in [-0.25, -0.2) is 9.38 Å². The zero-order chi connectivity index (χ0) is 14.7. The molecule has 0 saturated carbocycles. The van der Waals surface area contributed by atoms with Crippen molar-refractivity contribution >= 4 is 33.2 Å². The van der Waals surface area contributed by atoms with Crippen molar-refractivity contribution in [2.45, 2.75) is 0 Å². The topological polar surface area (TPSA) is 54.3 Å². The molecule has 5 rings (SSSR count). The summed E-state index contributed by atoms with van der Waals surface area (Å²) in [5.41, 5.74) is 3.08. The second kappa shape index (κ2) is 3.92. The van der Waals surface area contributed by atoms with Gasteiger partial charge in [-0.15, -0.1) is 5.10 Å². The highest BCUT2D eigenvalue weighted by Crippen LogP contribution is 2.14. The summed E-state index contributed by atoms with van der Waals surface area (Å²) < 4.78 is 3.43. The van der Waals surface area contributed by atoms with E-state index in [0.29, 0.717) is 11.3 Å². The van der Waals surface area contributed by atoms with Crippen LogP contribution in [0.3, 0.4) is 0 Å². The van der Waals surface area contributed by atoms with E-state index in [2.05, 4.69) is 10.1 Å². The van der Waals surface area contributed by atoms with Crippen LogP contribution in [-0.2, 0) is 0 Å². The summed E-state index contributed by atoms with van der Waals surface area (Å²) in [4.78, 5) is 17.4. The minimum absolute atomic E-state index is 0.0757. The molecule has 0 atom stereocenters. The van der Waals surface area contributed by atoms with E-state index in [9.17, 15) is 4.79 Å². The number of benzene rings is 2. The molecular formula is C17H11N4O+. The summed E-state index contributed by atoms with van der Waals surface area (Å²) in [7, 11) is 0. The zero-order valence-corrected chi connectivity index (χ0v) is 11.5. The maximum atomic E-state index is 12.9. The first kappa shape index (κ1) is 11.4. The van der Waals surface area contributed by atoms with Crippen LogP contribution in [0.5, 0.6) is 0 Å². The maximum Gasteiger partial charge on any atom is 0.333 e. The Balaban J connectivity index is 2.12. The molecule has 0 aliphatic heterocycles. The second-order valence-corrected chi connectivity index (χ2v) is 5.29. The molecule has 5 aromatic rings. The predicted molar refractivity (Wildman–Crippen MR) is 84.0 cm³/mol. The first-order chi connectivity index (χ1) is 10.8. The van der Waals surface area contributed by atoms with Gasteiger partial charge in [0.05, 0.1) is 11.0 Å². The Morgan fingerprint density at radius 1 is 0.909 bits per heavy atom. The molecule has 1 N–H and O–H groups in total. The van der Waals surface area contributed by atoms with Gasteiger partial charge in [0.2, 0.25) is 5.52 Å². The monoisotopic (exact) mass is 287 g/mol. The molecule has 0 radical (unpaired) electrons. The van der Waals surface area contributed by atoms with Crippen LogP contribution in [0, 0.1) is 0 Å². The second-order valence-electron chi connectivity index (χ2n) is 5.29. The Morgan fingerprint density at radius 2 is 1.73 bits per heavy atom. The van der Waals surface area contributed by atoms with Crippen molar-refractivity contribution < 1.29 is 4.52 Å². The lowest BCUT2D eigenvalue weighted by Crippen LogP contribution is -2.36. The van der Waals surface area contributed by atoms with Crippen molar-refractivity contribution in [3.8, 4) is 0 Å². The number of nitrogens with one attached hydrogen (secondary N) is 1. The Morgan fingerprint density at radius 3 is 2.68 bits per heavy atom. The van der Waals surface area contributed by atoms with Crippen molar-refractivity contribution in [1.29, 1.82) is 0 Å². The standard InChI is InChI=1S/C17H10N4O/c22-16-15-10-9-11-5-1-3-7-13(11)21(15)19-17-18-12-6-2-4-8-14(12)20(16)17/h1-10H/p+1. The Hall–Kier alpha value is -3.21. The molecule has 0 spiro atoms. The fraction of sp³-hybridized carbons (Fsp3) is 0. The van der Waals surface area contributed by atoms with Gasteiger partial charge >= 0.3 is 11.1 Å². The lowest BCUT2D eigenvalue weighted by atomic mass is 10.2. The number of aromatic amines is 1. The Labute approximate surface area is 124 Å². The van der Waals surface area contributed by atoms with Crippen molar-refractivity contribution in [2.75, 3.05) is 0 Å². The quantitative estimate of drug-likeness (QED) is 0.350. The molecule has 0 saturated heterocycles. The molecule has 104 valence electrons. The van der Waals surface area contributed by atoms with E-state index in [1.807, 2.05) is 60.7 Å². The molecule has 0 amide bonds. The molecule has 0 bridgehead atoms. The molecule has 0 unspecified atom stereocenters. The van der Waals surface area contributed by atoms with Gasteiger partial charge in [-0.2, -0.15) is 0 Å². The van der Waals surface area contributed by atoms with Crippen LogP contribution in [0.25, 0.3) is 33.2 Å². The van der Waals surface area contributed by atoms with Crippen molar-refractivity contribution in [3.05, 3.63) is 71.0 Å². The van der Waals surface area contributed by atoms with E-state index in [-0.39, 0.29) is 5.56 Å². The number of fused-ring (bicyclic) bond motifs is 6. The minimum atomic E-state index is -0.0757. The molecular weight excluding hydrogens is 276 g/mol. The number of para-hydroxylation sites is 3. The van der Waals surface area contributed by atoms with E-state index in [1.54, 1.807) is 8.92 Å². The third-order valence-electron chi connectivity index (χ3n) is 4.03. The summed E-state index contributed by atoms with van der Waals surface area (Å²) in [6.07, 6.45) is 0. The van der Waals surface area contributed by atoms with E-state index in [4.69, 9.17) is 0 Å². The Kier molecular flexibility index (Phi) is 2.04. The molecule has 0 aliphatic carbocycles. The molecule has 2 aromatic carbocycles. The Bertz CT molecular complexity index is 1250. The highest BCUT2D eigenvalue weighted by molar-refractivity contribution is 5.80. The summed E-state index contributed by atoms with van der Waals surface area (Å²) >= 11 is 0. The van der Waals surface area contributed by atoms with Crippen LogP contribution in [0.2, 0.25) is 0 Å². The largest absolute Gasteiger partial charge is 0.333 e. The van der Waals surface area contributed by atoms with Gasteiger partial charge in [0.25, 0.3) is 5.78 Å². The van der Waals surface area contributed by atoms with Gasteiger partial charge < -0.3 is 0 Å². The average Bonchev–Trinajstić information content (AvgIpc) is 2.93.